The van der Waals surface area contributed by atoms with Crippen LogP contribution in [0.1, 0.15) is 18.6 Å². The third-order valence-electron chi connectivity index (χ3n) is 4.05. The summed E-state index contributed by atoms with van der Waals surface area (Å²) in [6.45, 7) is 3.58. The highest BCUT2D eigenvalue weighted by Crippen LogP contribution is 2.23. The van der Waals surface area contributed by atoms with E-state index < -0.39 is 6.10 Å². The highest BCUT2D eigenvalue weighted by Gasteiger charge is 2.13. The number of aliphatic hydroxyl groups excluding tert-OH is 1. The summed E-state index contributed by atoms with van der Waals surface area (Å²) < 4.78 is 0. The first-order chi connectivity index (χ1) is 10.8. The molecular formula is C20H21NO. The molecule has 22 heavy (non-hydrogen) atoms. The lowest BCUT2D eigenvalue weighted by atomic mass is 10.0. The Labute approximate surface area is 131 Å². The third-order valence-corrected chi connectivity index (χ3v) is 4.05. The van der Waals surface area contributed by atoms with Crippen LogP contribution in [0.3, 0.4) is 0 Å². The van der Waals surface area contributed by atoms with E-state index in [0.29, 0.717) is 6.54 Å². The number of anilines is 1. The van der Waals surface area contributed by atoms with Gasteiger partial charge < -0.3 is 10.0 Å². The van der Waals surface area contributed by atoms with Crippen molar-refractivity contribution in [2.75, 3.05) is 18.0 Å². The van der Waals surface area contributed by atoms with Crippen molar-refractivity contribution < 1.29 is 5.11 Å². The molecule has 1 atom stereocenters. The number of aliphatic hydroxyl groups is 1. The molecule has 0 amide bonds. The Morgan fingerprint density at radius 2 is 1.55 bits per heavy atom. The summed E-state index contributed by atoms with van der Waals surface area (Å²) in [6, 6.07) is 24.6. The van der Waals surface area contributed by atoms with Crippen molar-refractivity contribution in [2.24, 2.45) is 0 Å². The molecule has 0 aromatic heterocycles. The molecule has 1 unspecified atom stereocenters. The van der Waals surface area contributed by atoms with Crippen molar-refractivity contribution in [1.29, 1.82) is 0 Å². The first-order valence-electron chi connectivity index (χ1n) is 7.74. The average molecular weight is 291 g/mol. The summed E-state index contributed by atoms with van der Waals surface area (Å²) in [6.07, 6.45) is -0.496. The monoisotopic (exact) mass is 291 g/mol. The molecule has 0 saturated carbocycles. The van der Waals surface area contributed by atoms with Crippen molar-refractivity contribution in [1.82, 2.24) is 0 Å². The molecule has 2 nitrogen and oxygen atoms in total. The summed E-state index contributed by atoms with van der Waals surface area (Å²) in [7, 11) is 0. The van der Waals surface area contributed by atoms with E-state index in [2.05, 4.69) is 48.2 Å². The lowest BCUT2D eigenvalue weighted by Gasteiger charge is -2.26. The predicted octanol–water partition coefficient (Wildman–Crippen LogP) is 4.40. The van der Waals surface area contributed by atoms with Gasteiger partial charge in [0, 0.05) is 18.8 Å². The lowest BCUT2D eigenvalue weighted by Crippen LogP contribution is -2.28. The Bertz CT molecular complexity index is 739. The average Bonchev–Trinajstić information content (AvgIpc) is 2.59. The van der Waals surface area contributed by atoms with Gasteiger partial charge in [-0.25, -0.2) is 0 Å². The maximum atomic E-state index is 10.6. The molecule has 0 fully saturated rings. The molecule has 0 aliphatic carbocycles. The van der Waals surface area contributed by atoms with Crippen LogP contribution in [0.4, 0.5) is 5.69 Å². The second-order valence-electron chi connectivity index (χ2n) is 5.50. The van der Waals surface area contributed by atoms with Gasteiger partial charge in [0.1, 0.15) is 0 Å². The zero-order chi connectivity index (χ0) is 15.4. The molecule has 0 radical (unpaired) electrons. The quantitative estimate of drug-likeness (QED) is 0.753. The van der Waals surface area contributed by atoms with E-state index >= 15 is 0 Å². The van der Waals surface area contributed by atoms with E-state index in [1.165, 1.54) is 10.8 Å². The van der Waals surface area contributed by atoms with Crippen LogP contribution in [0.5, 0.6) is 0 Å². The minimum Gasteiger partial charge on any atom is -0.387 e. The minimum absolute atomic E-state index is 0.496. The number of hydrogen-bond acceptors (Lipinski definition) is 2. The van der Waals surface area contributed by atoms with Gasteiger partial charge in [-0.15, -0.1) is 0 Å². The molecule has 0 heterocycles. The molecule has 1 N–H and O–H groups in total. The van der Waals surface area contributed by atoms with Crippen molar-refractivity contribution in [3.8, 4) is 0 Å². The zero-order valence-corrected chi connectivity index (χ0v) is 12.8. The maximum absolute atomic E-state index is 10.6. The van der Waals surface area contributed by atoms with Crippen LogP contribution in [0.25, 0.3) is 10.8 Å². The van der Waals surface area contributed by atoms with Gasteiger partial charge in [-0.3, -0.25) is 0 Å². The smallest absolute Gasteiger partial charge is 0.0965 e. The second kappa shape index (κ2) is 6.63. The maximum Gasteiger partial charge on any atom is 0.0965 e. The summed E-state index contributed by atoms with van der Waals surface area (Å²) in [5.74, 6) is 0. The molecule has 2 heteroatoms. The fraction of sp³-hybridized carbons (Fsp3) is 0.200. The molecule has 0 aliphatic heterocycles. The molecule has 3 aromatic rings. The second-order valence-corrected chi connectivity index (χ2v) is 5.50. The summed E-state index contributed by atoms with van der Waals surface area (Å²) in [5, 5.41) is 13.0. The first-order valence-corrected chi connectivity index (χ1v) is 7.74. The number of benzene rings is 3. The zero-order valence-electron chi connectivity index (χ0n) is 12.8. The number of para-hydroxylation sites is 1. The van der Waals surface area contributed by atoms with Gasteiger partial charge in [0.2, 0.25) is 0 Å². The molecule has 0 aliphatic rings. The fourth-order valence-electron chi connectivity index (χ4n) is 2.79. The van der Waals surface area contributed by atoms with Crippen LogP contribution in [-0.2, 0) is 0 Å². The number of rotatable bonds is 5. The Hall–Kier alpha value is -2.32. The van der Waals surface area contributed by atoms with Gasteiger partial charge in [-0.1, -0.05) is 54.6 Å². The topological polar surface area (TPSA) is 23.5 Å². The summed E-state index contributed by atoms with van der Waals surface area (Å²) >= 11 is 0. The highest BCUT2D eigenvalue weighted by molar-refractivity contribution is 5.83. The largest absolute Gasteiger partial charge is 0.387 e. The van der Waals surface area contributed by atoms with Gasteiger partial charge in [-0.2, -0.15) is 0 Å². The Morgan fingerprint density at radius 3 is 2.27 bits per heavy atom. The van der Waals surface area contributed by atoms with Crippen LogP contribution in [0, 0.1) is 0 Å². The third kappa shape index (κ3) is 3.12. The van der Waals surface area contributed by atoms with Crippen molar-refractivity contribution in [3.05, 3.63) is 78.4 Å². The molecule has 0 saturated heterocycles. The number of nitrogens with zero attached hydrogens (tertiary/aromatic N) is 1. The Kier molecular flexibility index (Phi) is 4.40. The first kappa shape index (κ1) is 14.6. The highest BCUT2D eigenvalue weighted by atomic mass is 16.3. The molecule has 112 valence electrons. The number of fused-ring (bicyclic) bond motifs is 1. The van der Waals surface area contributed by atoms with Gasteiger partial charge in [0.15, 0.2) is 0 Å². The molecule has 0 spiro atoms. The van der Waals surface area contributed by atoms with Crippen molar-refractivity contribution in [2.45, 2.75) is 13.0 Å². The molecule has 3 rings (SSSR count). The van der Waals surface area contributed by atoms with Crippen LogP contribution in [0.2, 0.25) is 0 Å². The van der Waals surface area contributed by atoms with Gasteiger partial charge in [0.05, 0.1) is 6.10 Å². The predicted molar refractivity (Wildman–Crippen MR) is 93.2 cm³/mol. The molecule has 0 bridgehead atoms. The van der Waals surface area contributed by atoms with E-state index in [0.717, 1.165) is 17.8 Å². The van der Waals surface area contributed by atoms with E-state index in [-0.39, 0.29) is 0 Å². The van der Waals surface area contributed by atoms with Crippen LogP contribution >= 0.6 is 0 Å². The van der Waals surface area contributed by atoms with E-state index in [1.54, 1.807) is 0 Å². The molecular weight excluding hydrogens is 270 g/mol. The minimum atomic E-state index is -0.496. The van der Waals surface area contributed by atoms with Crippen LogP contribution < -0.4 is 4.90 Å². The van der Waals surface area contributed by atoms with E-state index in [9.17, 15) is 5.11 Å². The van der Waals surface area contributed by atoms with Gasteiger partial charge in [-0.05, 0) is 41.5 Å². The SMILES string of the molecule is CCN(CC(O)c1ccc2ccccc2c1)c1ccccc1. The standard InChI is InChI=1S/C20H21NO/c1-2-21(19-10-4-3-5-11-19)15-20(22)18-13-12-16-8-6-7-9-17(16)14-18/h3-14,20,22H,2,15H2,1H3. The molecule has 3 aromatic carbocycles. The van der Waals surface area contributed by atoms with Crippen LogP contribution in [0.15, 0.2) is 72.8 Å². The summed E-state index contributed by atoms with van der Waals surface area (Å²) in [4.78, 5) is 2.19. The lowest BCUT2D eigenvalue weighted by molar-refractivity contribution is 0.184. The Balaban J connectivity index is 1.81. The van der Waals surface area contributed by atoms with Crippen molar-refractivity contribution in [3.63, 3.8) is 0 Å². The van der Waals surface area contributed by atoms with E-state index in [1.807, 2.05) is 36.4 Å². The van der Waals surface area contributed by atoms with Crippen LogP contribution in [-0.4, -0.2) is 18.2 Å². The number of likely N-dealkylation sites (N-methyl/N-ethyl adjacent to an activating group) is 1. The number of hydrogen-bond donors (Lipinski definition) is 1. The van der Waals surface area contributed by atoms with Gasteiger partial charge >= 0.3 is 0 Å². The van der Waals surface area contributed by atoms with Gasteiger partial charge in [0.25, 0.3) is 0 Å². The normalized spacial score (nSPS) is 12.3. The Morgan fingerprint density at radius 1 is 0.864 bits per heavy atom. The fourth-order valence-corrected chi connectivity index (χ4v) is 2.79. The summed E-state index contributed by atoms with van der Waals surface area (Å²) in [5.41, 5.74) is 2.11. The van der Waals surface area contributed by atoms with Crippen molar-refractivity contribution >= 4 is 16.5 Å². The van der Waals surface area contributed by atoms with E-state index in [4.69, 9.17) is 0 Å².